The van der Waals surface area contributed by atoms with Gasteiger partial charge in [0.2, 0.25) is 0 Å². The third-order valence-electron chi connectivity index (χ3n) is 5.17. The fourth-order valence-corrected chi connectivity index (χ4v) is 3.81. The summed E-state index contributed by atoms with van der Waals surface area (Å²) in [6.45, 7) is 1.70. The minimum atomic E-state index is -0.475. The van der Waals surface area contributed by atoms with Gasteiger partial charge < -0.3 is 9.64 Å². The van der Waals surface area contributed by atoms with Crippen molar-refractivity contribution >= 4 is 6.09 Å². The molecule has 3 nitrogen and oxygen atoms in total. The molecular weight excluding hydrogens is 262 g/mol. The summed E-state index contributed by atoms with van der Waals surface area (Å²) in [5, 5.41) is 0. The molecule has 1 aliphatic heterocycles. The van der Waals surface area contributed by atoms with Crippen LogP contribution < -0.4 is 0 Å². The SMILES string of the molecule is O=C(OC1(C#CC2CCCC2)CCCC1)N1CCCCC1. The summed E-state index contributed by atoms with van der Waals surface area (Å²) in [4.78, 5) is 14.3. The molecule has 3 rings (SSSR count). The molecule has 2 saturated carbocycles. The van der Waals surface area contributed by atoms with Gasteiger partial charge in [0.05, 0.1) is 0 Å². The van der Waals surface area contributed by atoms with Crippen LogP contribution >= 0.6 is 0 Å². The van der Waals surface area contributed by atoms with E-state index in [0.717, 1.165) is 51.6 Å². The first-order valence-electron chi connectivity index (χ1n) is 8.78. The standard InChI is InChI=1S/C18H27NO2/c20-17(19-14-6-1-7-15-19)21-18(11-4-5-12-18)13-10-16-8-2-3-9-16/h16H,1-9,11-12,14-15H2. The molecule has 0 bridgehead atoms. The van der Waals surface area contributed by atoms with Crippen LogP contribution in [0.2, 0.25) is 0 Å². The predicted octanol–water partition coefficient (Wildman–Crippen LogP) is 4.12. The number of carbonyl (C=O) groups excluding carboxylic acids is 1. The largest absolute Gasteiger partial charge is 0.430 e. The molecule has 3 heteroatoms. The first-order valence-corrected chi connectivity index (χ1v) is 8.78. The average molecular weight is 289 g/mol. The van der Waals surface area contributed by atoms with Crippen LogP contribution in [0.1, 0.15) is 70.6 Å². The van der Waals surface area contributed by atoms with Gasteiger partial charge in [0.1, 0.15) is 0 Å². The second-order valence-corrected chi connectivity index (χ2v) is 6.87. The lowest BCUT2D eigenvalue weighted by molar-refractivity contribution is 0.0263. The molecule has 0 atom stereocenters. The number of nitrogens with zero attached hydrogens (tertiary/aromatic N) is 1. The second kappa shape index (κ2) is 6.73. The molecule has 1 saturated heterocycles. The summed E-state index contributed by atoms with van der Waals surface area (Å²) in [6, 6.07) is 0. The van der Waals surface area contributed by atoms with Crippen molar-refractivity contribution in [1.29, 1.82) is 0 Å². The number of piperidine rings is 1. The molecule has 3 aliphatic rings. The molecule has 0 aromatic heterocycles. The maximum atomic E-state index is 12.4. The summed E-state index contributed by atoms with van der Waals surface area (Å²) in [5.41, 5.74) is -0.475. The Morgan fingerprint density at radius 3 is 2.29 bits per heavy atom. The lowest BCUT2D eigenvalue weighted by atomic mass is 10.0. The van der Waals surface area contributed by atoms with Gasteiger partial charge in [-0.15, -0.1) is 0 Å². The van der Waals surface area contributed by atoms with Crippen molar-refractivity contribution in [1.82, 2.24) is 4.90 Å². The molecule has 0 aromatic carbocycles. The fraction of sp³-hybridized carbons (Fsp3) is 0.833. The van der Waals surface area contributed by atoms with Crippen LogP contribution in [0.4, 0.5) is 4.79 Å². The third kappa shape index (κ3) is 3.73. The summed E-state index contributed by atoms with van der Waals surface area (Å²) in [5.74, 6) is 7.35. The number of hydrogen-bond donors (Lipinski definition) is 0. The highest BCUT2D eigenvalue weighted by atomic mass is 16.6. The van der Waals surface area contributed by atoms with Crippen molar-refractivity contribution in [3.63, 3.8) is 0 Å². The van der Waals surface area contributed by atoms with Crippen molar-refractivity contribution in [2.24, 2.45) is 5.92 Å². The predicted molar refractivity (Wildman–Crippen MR) is 82.8 cm³/mol. The summed E-state index contributed by atoms with van der Waals surface area (Å²) in [6.07, 6.45) is 12.5. The van der Waals surface area contributed by atoms with Gasteiger partial charge >= 0.3 is 6.09 Å². The zero-order chi connectivity index (χ0) is 14.5. The van der Waals surface area contributed by atoms with Crippen LogP contribution in [0.25, 0.3) is 0 Å². The number of hydrogen-bond acceptors (Lipinski definition) is 2. The minimum absolute atomic E-state index is 0.127. The molecular formula is C18H27NO2. The lowest BCUT2D eigenvalue weighted by Crippen LogP contribution is -2.41. The van der Waals surface area contributed by atoms with E-state index in [2.05, 4.69) is 11.8 Å². The van der Waals surface area contributed by atoms with Crippen LogP contribution in [0, 0.1) is 17.8 Å². The fourth-order valence-electron chi connectivity index (χ4n) is 3.81. The Labute approximate surface area is 128 Å². The summed E-state index contributed by atoms with van der Waals surface area (Å²) < 4.78 is 5.91. The number of likely N-dealkylation sites (tertiary alicyclic amines) is 1. The first kappa shape index (κ1) is 14.8. The molecule has 0 spiro atoms. The van der Waals surface area contributed by atoms with Gasteiger partial charge in [-0.1, -0.05) is 24.7 Å². The smallest absolute Gasteiger partial charge is 0.411 e. The van der Waals surface area contributed by atoms with E-state index in [9.17, 15) is 4.79 Å². The van der Waals surface area contributed by atoms with Crippen LogP contribution in [0.15, 0.2) is 0 Å². The molecule has 2 aliphatic carbocycles. The number of rotatable bonds is 1. The van der Waals surface area contributed by atoms with Gasteiger partial charge in [-0.3, -0.25) is 0 Å². The Hall–Kier alpha value is -1.17. The molecule has 1 amide bonds. The van der Waals surface area contributed by atoms with E-state index >= 15 is 0 Å². The average Bonchev–Trinajstić information content (AvgIpc) is 3.18. The first-order chi connectivity index (χ1) is 10.3. The topological polar surface area (TPSA) is 29.5 Å². The van der Waals surface area contributed by atoms with Gasteiger partial charge in [-0.2, -0.15) is 0 Å². The molecule has 21 heavy (non-hydrogen) atoms. The van der Waals surface area contributed by atoms with Gasteiger partial charge in [-0.05, 0) is 57.8 Å². The van der Waals surface area contributed by atoms with Crippen molar-refractivity contribution in [3.05, 3.63) is 0 Å². The van der Waals surface area contributed by atoms with Gasteiger partial charge in [0.25, 0.3) is 0 Å². The van der Waals surface area contributed by atoms with E-state index in [1.165, 1.54) is 32.1 Å². The molecule has 0 unspecified atom stereocenters. The van der Waals surface area contributed by atoms with E-state index in [4.69, 9.17) is 4.74 Å². The maximum absolute atomic E-state index is 12.4. The van der Waals surface area contributed by atoms with E-state index in [1.54, 1.807) is 0 Å². The Morgan fingerprint density at radius 2 is 1.62 bits per heavy atom. The van der Waals surface area contributed by atoms with Crippen molar-refractivity contribution in [2.45, 2.75) is 76.2 Å². The Kier molecular flexibility index (Phi) is 4.73. The summed E-state index contributed by atoms with van der Waals surface area (Å²) >= 11 is 0. The Bertz CT molecular complexity index is 416. The Morgan fingerprint density at radius 1 is 0.952 bits per heavy atom. The van der Waals surface area contributed by atoms with Gasteiger partial charge in [0.15, 0.2) is 5.60 Å². The highest BCUT2D eigenvalue weighted by molar-refractivity contribution is 5.68. The number of carbonyl (C=O) groups is 1. The minimum Gasteiger partial charge on any atom is -0.430 e. The molecule has 0 radical (unpaired) electrons. The molecule has 0 N–H and O–H groups in total. The van der Waals surface area contributed by atoms with E-state index < -0.39 is 5.60 Å². The molecule has 0 aromatic rings. The van der Waals surface area contributed by atoms with Crippen LogP contribution in [0.5, 0.6) is 0 Å². The summed E-state index contributed by atoms with van der Waals surface area (Å²) in [7, 11) is 0. The quantitative estimate of drug-likeness (QED) is 0.680. The normalized spacial score (nSPS) is 25.4. The van der Waals surface area contributed by atoms with Crippen molar-refractivity contribution in [2.75, 3.05) is 13.1 Å². The van der Waals surface area contributed by atoms with E-state index in [1.807, 2.05) is 4.90 Å². The second-order valence-electron chi connectivity index (χ2n) is 6.87. The monoisotopic (exact) mass is 289 g/mol. The number of amides is 1. The highest BCUT2D eigenvalue weighted by Gasteiger charge is 2.37. The van der Waals surface area contributed by atoms with Crippen LogP contribution in [0.3, 0.4) is 0 Å². The van der Waals surface area contributed by atoms with Gasteiger partial charge in [-0.25, -0.2) is 4.79 Å². The maximum Gasteiger partial charge on any atom is 0.411 e. The Balaban J connectivity index is 1.64. The van der Waals surface area contributed by atoms with Crippen LogP contribution in [-0.2, 0) is 4.74 Å². The zero-order valence-corrected chi connectivity index (χ0v) is 13.0. The van der Waals surface area contributed by atoms with Gasteiger partial charge in [0, 0.05) is 19.0 Å². The zero-order valence-electron chi connectivity index (χ0n) is 13.0. The lowest BCUT2D eigenvalue weighted by Gasteiger charge is -2.31. The molecule has 116 valence electrons. The van der Waals surface area contributed by atoms with E-state index in [-0.39, 0.29) is 6.09 Å². The highest BCUT2D eigenvalue weighted by Crippen LogP contribution is 2.34. The number of ether oxygens (including phenoxy) is 1. The van der Waals surface area contributed by atoms with Crippen LogP contribution in [-0.4, -0.2) is 29.7 Å². The van der Waals surface area contributed by atoms with Crippen molar-refractivity contribution in [3.8, 4) is 11.8 Å². The molecule has 3 fully saturated rings. The third-order valence-corrected chi connectivity index (χ3v) is 5.17. The molecule has 1 heterocycles. The van der Waals surface area contributed by atoms with E-state index in [0.29, 0.717) is 5.92 Å². The van der Waals surface area contributed by atoms with Crippen molar-refractivity contribution < 1.29 is 9.53 Å².